The molecule has 0 aromatic rings. The summed E-state index contributed by atoms with van der Waals surface area (Å²) in [4.78, 5) is 24.3. The van der Waals surface area contributed by atoms with Gasteiger partial charge in [-0.3, -0.25) is 9.59 Å². The van der Waals surface area contributed by atoms with Crippen LogP contribution < -0.4 is 0 Å². The van der Waals surface area contributed by atoms with Crippen molar-refractivity contribution in [2.45, 2.75) is 71.5 Å². The van der Waals surface area contributed by atoms with Crippen molar-refractivity contribution in [3.63, 3.8) is 0 Å². The van der Waals surface area contributed by atoms with Crippen molar-refractivity contribution < 1.29 is 19.1 Å². The third-order valence-corrected chi connectivity index (χ3v) is 4.31. The lowest BCUT2D eigenvalue weighted by Gasteiger charge is -2.31. The van der Waals surface area contributed by atoms with E-state index in [2.05, 4.69) is 0 Å². The van der Waals surface area contributed by atoms with E-state index in [-0.39, 0.29) is 18.0 Å². The first-order chi connectivity index (χ1) is 9.29. The highest BCUT2D eigenvalue weighted by Crippen LogP contribution is 2.39. The first-order valence-electron chi connectivity index (χ1n) is 7.73. The number of ether oxygens (including phenoxy) is 2. The molecule has 1 aliphatic carbocycles. The molecule has 1 aliphatic heterocycles. The summed E-state index contributed by atoms with van der Waals surface area (Å²) < 4.78 is 11.0. The van der Waals surface area contributed by atoms with Crippen molar-refractivity contribution in [2.75, 3.05) is 0 Å². The fraction of sp³-hybridized carbons (Fsp3) is 0.875. The van der Waals surface area contributed by atoms with Crippen molar-refractivity contribution in [3.05, 3.63) is 0 Å². The lowest BCUT2D eigenvalue weighted by molar-refractivity contribution is -0.164. The number of carbonyl (C=O) groups excluding carboxylic acids is 2. The van der Waals surface area contributed by atoms with Crippen molar-refractivity contribution in [1.82, 2.24) is 0 Å². The van der Waals surface area contributed by atoms with Crippen LogP contribution in [0.3, 0.4) is 0 Å². The van der Waals surface area contributed by atoms with Gasteiger partial charge in [0.25, 0.3) is 0 Å². The van der Waals surface area contributed by atoms with Gasteiger partial charge in [0.15, 0.2) is 0 Å². The summed E-state index contributed by atoms with van der Waals surface area (Å²) >= 11 is 0. The van der Waals surface area contributed by atoms with Gasteiger partial charge in [-0.25, -0.2) is 0 Å². The van der Waals surface area contributed by atoms with E-state index in [4.69, 9.17) is 9.47 Å². The van der Waals surface area contributed by atoms with Gasteiger partial charge in [-0.15, -0.1) is 0 Å². The van der Waals surface area contributed by atoms with E-state index in [1.54, 1.807) is 6.92 Å². The molecule has 0 radical (unpaired) electrons. The van der Waals surface area contributed by atoms with Crippen molar-refractivity contribution in [3.8, 4) is 0 Å². The van der Waals surface area contributed by atoms with Gasteiger partial charge in [-0.05, 0) is 39.5 Å². The molecule has 2 rings (SSSR count). The second-order valence-corrected chi connectivity index (χ2v) is 7.15. The van der Waals surface area contributed by atoms with E-state index in [1.807, 2.05) is 20.8 Å². The first-order valence-corrected chi connectivity index (χ1v) is 7.73. The van der Waals surface area contributed by atoms with Gasteiger partial charge in [0.2, 0.25) is 0 Å². The zero-order chi connectivity index (χ0) is 14.9. The third kappa shape index (κ3) is 3.33. The van der Waals surface area contributed by atoms with Crippen molar-refractivity contribution in [1.29, 1.82) is 0 Å². The highest BCUT2D eigenvalue weighted by Gasteiger charge is 2.50. The second kappa shape index (κ2) is 5.74. The minimum Gasteiger partial charge on any atom is -0.461 e. The number of rotatable bonds is 2. The van der Waals surface area contributed by atoms with Crippen LogP contribution >= 0.6 is 0 Å². The number of cyclic esters (lactones) is 1. The Morgan fingerprint density at radius 1 is 1.20 bits per heavy atom. The van der Waals surface area contributed by atoms with Gasteiger partial charge in [-0.1, -0.05) is 26.2 Å². The molecule has 3 atom stereocenters. The SMILES string of the molecule is C[C@@H]1C(=O)O[C@@H](C2CCCCC2)[C@@H]1C(=O)OC(C)(C)C. The van der Waals surface area contributed by atoms with Gasteiger partial charge < -0.3 is 9.47 Å². The maximum Gasteiger partial charge on any atom is 0.314 e. The van der Waals surface area contributed by atoms with Gasteiger partial charge in [-0.2, -0.15) is 0 Å². The summed E-state index contributed by atoms with van der Waals surface area (Å²) in [5, 5.41) is 0. The third-order valence-electron chi connectivity index (χ3n) is 4.31. The normalized spacial score (nSPS) is 32.0. The van der Waals surface area contributed by atoms with Gasteiger partial charge in [0, 0.05) is 0 Å². The maximum atomic E-state index is 12.4. The molecule has 0 aromatic carbocycles. The molecule has 114 valence electrons. The predicted octanol–water partition coefficient (Wildman–Crippen LogP) is 3.09. The number of esters is 2. The molecule has 0 amide bonds. The van der Waals surface area contributed by atoms with Crippen LogP contribution in [0.4, 0.5) is 0 Å². The van der Waals surface area contributed by atoms with Gasteiger partial charge in [0.05, 0.1) is 5.92 Å². The molecule has 0 bridgehead atoms. The average Bonchev–Trinajstić information content (AvgIpc) is 2.65. The van der Waals surface area contributed by atoms with Crippen LogP contribution in [0.2, 0.25) is 0 Å². The molecule has 0 unspecified atom stereocenters. The summed E-state index contributed by atoms with van der Waals surface area (Å²) in [5.74, 6) is -1.06. The molecule has 20 heavy (non-hydrogen) atoms. The highest BCUT2D eigenvalue weighted by molar-refractivity contribution is 5.85. The lowest BCUT2D eigenvalue weighted by Crippen LogP contribution is -2.38. The maximum absolute atomic E-state index is 12.4. The predicted molar refractivity (Wildman–Crippen MR) is 75.0 cm³/mol. The van der Waals surface area contributed by atoms with Crippen LogP contribution in [0, 0.1) is 17.8 Å². The lowest BCUT2D eigenvalue weighted by atomic mass is 9.78. The van der Waals surface area contributed by atoms with Gasteiger partial charge in [0.1, 0.15) is 17.6 Å². The molecule has 4 heteroatoms. The average molecular weight is 282 g/mol. The summed E-state index contributed by atoms with van der Waals surface area (Å²) in [6.45, 7) is 7.33. The number of hydrogen-bond donors (Lipinski definition) is 0. The standard InChI is InChI=1S/C16H26O4/c1-10-12(15(18)20-16(2,3)4)13(19-14(10)17)11-8-6-5-7-9-11/h10-13H,5-9H2,1-4H3/t10-,12+,13-/m0/s1. The Morgan fingerprint density at radius 3 is 2.35 bits per heavy atom. The van der Waals surface area contributed by atoms with E-state index in [0.29, 0.717) is 5.92 Å². The summed E-state index contributed by atoms with van der Waals surface area (Å²) in [6, 6.07) is 0. The zero-order valence-electron chi connectivity index (χ0n) is 13.0. The van der Waals surface area contributed by atoms with E-state index in [1.165, 1.54) is 6.42 Å². The van der Waals surface area contributed by atoms with Crippen LogP contribution in [0.15, 0.2) is 0 Å². The Balaban J connectivity index is 2.13. The number of hydrogen-bond acceptors (Lipinski definition) is 4. The Bertz CT molecular complexity index is 376. The van der Waals surface area contributed by atoms with E-state index in [0.717, 1.165) is 25.7 Å². The topological polar surface area (TPSA) is 52.6 Å². The first kappa shape index (κ1) is 15.3. The van der Waals surface area contributed by atoms with Crippen molar-refractivity contribution >= 4 is 11.9 Å². The number of carbonyl (C=O) groups is 2. The molecule has 0 spiro atoms. The van der Waals surface area contributed by atoms with Crippen LogP contribution in [0.25, 0.3) is 0 Å². The summed E-state index contributed by atoms with van der Waals surface area (Å²) in [6.07, 6.45) is 5.37. The Kier molecular flexibility index (Phi) is 4.40. The van der Waals surface area contributed by atoms with Crippen LogP contribution in [0.5, 0.6) is 0 Å². The van der Waals surface area contributed by atoms with E-state index in [9.17, 15) is 9.59 Å². The Morgan fingerprint density at radius 2 is 1.80 bits per heavy atom. The summed E-state index contributed by atoms with van der Waals surface area (Å²) in [5.41, 5.74) is -0.528. The molecule has 4 nitrogen and oxygen atoms in total. The molecule has 1 heterocycles. The van der Waals surface area contributed by atoms with Crippen molar-refractivity contribution in [2.24, 2.45) is 17.8 Å². The van der Waals surface area contributed by atoms with E-state index < -0.39 is 17.4 Å². The van der Waals surface area contributed by atoms with E-state index >= 15 is 0 Å². The Hall–Kier alpha value is -1.06. The van der Waals surface area contributed by atoms with Crippen LogP contribution in [-0.4, -0.2) is 23.6 Å². The van der Waals surface area contributed by atoms with Crippen LogP contribution in [0.1, 0.15) is 59.8 Å². The quantitative estimate of drug-likeness (QED) is 0.730. The fourth-order valence-corrected chi connectivity index (χ4v) is 3.31. The largest absolute Gasteiger partial charge is 0.461 e. The van der Waals surface area contributed by atoms with Crippen LogP contribution in [-0.2, 0) is 19.1 Å². The molecular formula is C16H26O4. The minimum absolute atomic E-state index is 0.253. The minimum atomic E-state index is -0.528. The summed E-state index contributed by atoms with van der Waals surface area (Å²) in [7, 11) is 0. The molecule has 1 saturated carbocycles. The smallest absolute Gasteiger partial charge is 0.314 e. The Labute approximate surface area is 121 Å². The zero-order valence-corrected chi connectivity index (χ0v) is 13.0. The second-order valence-electron chi connectivity index (χ2n) is 7.15. The molecule has 2 aliphatic rings. The van der Waals surface area contributed by atoms with Gasteiger partial charge >= 0.3 is 11.9 Å². The molecule has 1 saturated heterocycles. The fourth-order valence-electron chi connectivity index (χ4n) is 3.31. The molecule has 2 fully saturated rings. The highest BCUT2D eigenvalue weighted by atomic mass is 16.6. The molecule has 0 N–H and O–H groups in total. The molecular weight excluding hydrogens is 256 g/mol. The monoisotopic (exact) mass is 282 g/mol. The molecule has 0 aromatic heterocycles.